The van der Waals surface area contributed by atoms with E-state index in [1.165, 1.54) is 22.5 Å². The second-order valence-electron chi connectivity index (χ2n) is 5.60. The minimum atomic E-state index is -0.569. The molecule has 3 rings (SSSR count). The van der Waals surface area contributed by atoms with Crippen LogP contribution in [-0.2, 0) is 24.4 Å². The van der Waals surface area contributed by atoms with Crippen molar-refractivity contribution < 1.29 is 9.59 Å². The van der Waals surface area contributed by atoms with Gasteiger partial charge in [-0.25, -0.2) is 0 Å². The summed E-state index contributed by atoms with van der Waals surface area (Å²) in [4.78, 5) is 24.7. The predicted octanol–water partition coefficient (Wildman–Crippen LogP) is 2.21. The quantitative estimate of drug-likeness (QED) is 0.760. The van der Waals surface area contributed by atoms with Crippen molar-refractivity contribution in [2.24, 2.45) is 0 Å². The van der Waals surface area contributed by atoms with Crippen LogP contribution in [0, 0.1) is 0 Å². The van der Waals surface area contributed by atoms with Crippen molar-refractivity contribution in [3.05, 3.63) is 57.3 Å². The van der Waals surface area contributed by atoms with Crippen molar-refractivity contribution in [1.29, 1.82) is 0 Å². The highest BCUT2D eigenvalue weighted by atomic mass is 35.5. The van der Waals surface area contributed by atoms with E-state index in [1.54, 1.807) is 13.0 Å². The Balaban J connectivity index is 0.00000208. The van der Waals surface area contributed by atoms with Crippen LogP contribution in [0.15, 0.2) is 35.7 Å². The minimum absolute atomic E-state index is 0. The van der Waals surface area contributed by atoms with Crippen LogP contribution in [0.25, 0.3) is 0 Å². The van der Waals surface area contributed by atoms with E-state index in [-0.39, 0.29) is 24.2 Å². The zero-order chi connectivity index (χ0) is 16.2. The van der Waals surface area contributed by atoms with E-state index in [1.807, 2.05) is 17.5 Å². The van der Waals surface area contributed by atoms with Gasteiger partial charge in [0.1, 0.15) is 6.04 Å². The summed E-state index contributed by atoms with van der Waals surface area (Å²) in [5, 5.41) is 10.7. The van der Waals surface area contributed by atoms with Crippen LogP contribution >= 0.6 is 23.7 Å². The maximum absolute atomic E-state index is 12.1. The zero-order valence-electron chi connectivity index (χ0n) is 13.3. The van der Waals surface area contributed by atoms with E-state index >= 15 is 0 Å². The standard InChI is InChI=1S/C17H19N3O2S.ClH/c1-11(20-17(22)15-3-2-6-23-15)16(21)19-8-12-4-5-13-9-18-10-14(13)7-12;/h2-7,11,18H,8-10H2,1H3,(H,19,21)(H,20,22);1H. The second-order valence-corrected chi connectivity index (χ2v) is 6.54. The first-order chi connectivity index (χ1) is 11.1. The molecule has 1 aliphatic rings. The van der Waals surface area contributed by atoms with Crippen molar-refractivity contribution in [2.45, 2.75) is 32.6 Å². The molecule has 0 radical (unpaired) electrons. The number of hydrogen-bond acceptors (Lipinski definition) is 4. The average molecular weight is 366 g/mol. The SMILES string of the molecule is CC(NC(=O)c1cccs1)C(=O)NCc1ccc2c(c1)CNC2.Cl. The van der Waals surface area contributed by atoms with Crippen LogP contribution in [0.5, 0.6) is 0 Å². The number of amides is 2. The lowest BCUT2D eigenvalue weighted by atomic mass is 10.1. The van der Waals surface area contributed by atoms with Crippen LogP contribution in [0.2, 0.25) is 0 Å². The molecule has 0 saturated carbocycles. The molecule has 2 heterocycles. The van der Waals surface area contributed by atoms with Crippen molar-refractivity contribution in [1.82, 2.24) is 16.0 Å². The molecule has 0 aliphatic carbocycles. The first-order valence-corrected chi connectivity index (χ1v) is 8.45. The third-order valence-electron chi connectivity index (χ3n) is 3.85. The Morgan fingerprint density at radius 2 is 2.04 bits per heavy atom. The van der Waals surface area contributed by atoms with Gasteiger partial charge < -0.3 is 16.0 Å². The molecule has 1 aromatic heterocycles. The van der Waals surface area contributed by atoms with E-state index in [2.05, 4.69) is 28.1 Å². The first-order valence-electron chi connectivity index (χ1n) is 7.57. The number of carbonyl (C=O) groups excluding carboxylic acids is 2. The molecular weight excluding hydrogens is 346 g/mol. The van der Waals surface area contributed by atoms with Gasteiger partial charge in [0.15, 0.2) is 0 Å². The van der Waals surface area contributed by atoms with E-state index in [9.17, 15) is 9.59 Å². The van der Waals surface area contributed by atoms with E-state index in [0.29, 0.717) is 11.4 Å². The van der Waals surface area contributed by atoms with Crippen molar-refractivity contribution >= 4 is 35.6 Å². The zero-order valence-corrected chi connectivity index (χ0v) is 14.9. The molecule has 0 spiro atoms. The van der Waals surface area contributed by atoms with Gasteiger partial charge in [-0.3, -0.25) is 9.59 Å². The number of carbonyl (C=O) groups is 2. The Morgan fingerprint density at radius 1 is 1.25 bits per heavy atom. The van der Waals surface area contributed by atoms with Gasteiger partial charge in [-0.2, -0.15) is 0 Å². The molecule has 1 unspecified atom stereocenters. The lowest BCUT2D eigenvalue weighted by Crippen LogP contribution is -2.44. The Morgan fingerprint density at radius 3 is 2.79 bits per heavy atom. The van der Waals surface area contributed by atoms with Crippen molar-refractivity contribution in [3.8, 4) is 0 Å². The summed E-state index contributed by atoms with van der Waals surface area (Å²) in [7, 11) is 0. The van der Waals surface area contributed by atoms with Gasteiger partial charge in [-0.15, -0.1) is 23.7 Å². The summed E-state index contributed by atoms with van der Waals surface area (Å²) < 4.78 is 0. The Kier molecular flexibility index (Phi) is 6.36. The monoisotopic (exact) mass is 365 g/mol. The molecule has 128 valence electrons. The number of rotatable bonds is 5. The van der Waals surface area contributed by atoms with E-state index < -0.39 is 6.04 Å². The first kappa shape index (κ1) is 18.4. The lowest BCUT2D eigenvalue weighted by molar-refractivity contribution is -0.122. The van der Waals surface area contributed by atoms with Crippen LogP contribution < -0.4 is 16.0 Å². The third kappa shape index (κ3) is 4.35. The summed E-state index contributed by atoms with van der Waals surface area (Å²) in [6.45, 7) is 3.94. The summed E-state index contributed by atoms with van der Waals surface area (Å²) >= 11 is 1.36. The highest BCUT2D eigenvalue weighted by molar-refractivity contribution is 7.12. The van der Waals surface area contributed by atoms with Crippen LogP contribution in [0.1, 0.15) is 33.3 Å². The minimum Gasteiger partial charge on any atom is -0.350 e. The Bertz CT molecular complexity index is 719. The second kappa shape index (κ2) is 8.28. The molecule has 7 heteroatoms. The largest absolute Gasteiger partial charge is 0.350 e. The van der Waals surface area contributed by atoms with E-state index in [4.69, 9.17) is 0 Å². The Hall–Kier alpha value is -1.89. The molecule has 3 N–H and O–H groups in total. The maximum Gasteiger partial charge on any atom is 0.261 e. The average Bonchev–Trinajstić information content (AvgIpc) is 3.22. The van der Waals surface area contributed by atoms with Crippen LogP contribution in [0.4, 0.5) is 0 Å². The Labute approximate surface area is 151 Å². The molecule has 1 atom stereocenters. The molecule has 0 fully saturated rings. The summed E-state index contributed by atoms with van der Waals surface area (Å²) in [6, 6.07) is 9.22. The van der Waals surface area contributed by atoms with Gasteiger partial charge in [0.2, 0.25) is 5.91 Å². The molecule has 5 nitrogen and oxygen atoms in total. The fourth-order valence-corrected chi connectivity index (χ4v) is 3.17. The molecule has 1 aromatic carbocycles. The molecular formula is C17H20ClN3O2S. The fraction of sp³-hybridized carbons (Fsp3) is 0.294. The molecule has 2 aromatic rings. The van der Waals surface area contributed by atoms with E-state index in [0.717, 1.165) is 18.7 Å². The normalized spacial score (nSPS) is 13.5. The molecule has 24 heavy (non-hydrogen) atoms. The number of nitrogens with one attached hydrogen (secondary N) is 3. The number of benzene rings is 1. The summed E-state index contributed by atoms with van der Waals surface area (Å²) in [6.07, 6.45) is 0. The number of halogens is 1. The maximum atomic E-state index is 12.1. The molecule has 2 amide bonds. The van der Waals surface area contributed by atoms with Gasteiger partial charge in [0.05, 0.1) is 4.88 Å². The molecule has 0 bridgehead atoms. The molecule has 0 saturated heterocycles. The van der Waals surface area contributed by atoms with Gasteiger partial charge in [0.25, 0.3) is 5.91 Å². The number of hydrogen-bond donors (Lipinski definition) is 3. The van der Waals surface area contributed by atoms with Gasteiger partial charge >= 0.3 is 0 Å². The van der Waals surface area contributed by atoms with Gasteiger partial charge in [-0.1, -0.05) is 24.3 Å². The summed E-state index contributed by atoms with van der Waals surface area (Å²) in [5.41, 5.74) is 3.67. The summed E-state index contributed by atoms with van der Waals surface area (Å²) in [5.74, 6) is -0.403. The number of thiophene rings is 1. The lowest BCUT2D eigenvalue weighted by Gasteiger charge is -2.14. The fourth-order valence-electron chi connectivity index (χ4n) is 2.54. The highest BCUT2D eigenvalue weighted by Gasteiger charge is 2.17. The molecule has 1 aliphatic heterocycles. The van der Waals surface area contributed by atoms with Gasteiger partial charge in [-0.05, 0) is 35.1 Å². The van der Waals surface area contributed by atoms with Crippen molar-refractivity contribution in [2.75, 3.05) is 0 Å². The van der Waals surface area contributed by atoms with Crippen LogP contribution in [-0.4, -0.2) is 17.9 Å². The predicted molar refractivity (Wildman–Crippen MR) is 97.3 cm³/mol. The van der Waals surface area contributed by atoms with Crippen LogP contribution in [0.3, 0.4) is 0 Å². The third-order valence-corrected chi connectivity index (χ3v) is 4.72. The topological polar surface area (TPSA) is 70.2 Å². The van der Waals surface area contributed by atoms with Crippen molar-refractivity contribution in [3.63, 3.8) is 0 Å². The smallest absolute Gasteiger partial charge is 0.261 e. The van der Waals surface area contributed by atoms with Gasteiger partial charge in [0, 0.05) is 19.6 Å². The highest BCUT2D eigenvalue weighted by Crippen LogP contribution is 2.16. The number of fused-ring (bicyclic) bond motifs is 1.